The molecule has 2 aromatic carbocycles. The highest BCUT2D eigenvalue weighted by Gasteiger charge is 2.25. The predicted octanol–water partition coefficient (Wildman–Crippen LogP) is 2.42. The summed E-state index contributed by atoms with van der Waals surface area (Å²) >= 11 is 0. The molecule has 174 valence electrons. The van der Waals surface area contributed by atoms with E-state index in [1.165, 1.54) is 63.7 Å². The maximum Gasteiger partial charge on any atom is 0.255 e. The number of amides is 1. The second-order valence-corrected chi connectivity index (χ2v) is 11.6. The summed E-state index contributed by atoms with van der Waals surface area (Å²) in [4.78, 5) is 12.7. The summed E-state index contributed by atoms with van der Waals surface area (Å²) in [5.41, 5.74) is 0.362. The van der Waals surface area contributed by atoms with Crippen LogP contribution in [0, 0.1) is 0 Å². The summed E-state index contributed by atoms with van der Waals surface area (Å²) in [6, 6.07) is 9.88. The van der Waals surface area contributed by atoms with Crippen LogP contribution in [0.5, 0.6) is 5.75 Å². The monoisotopic (exact) mass is 481 g/mol. The Kier molecular flexibility index (Phi) is 7.23. The van der Waals surface area contributed by atoms with Gasteiger partial charge >= 0.3 is 0 Å². The third-order valence-electron chi connectivity index (χ3n) is 5.26. The Hall–Kier alpha value is -2.47. The fraction of sp³-hybridized carbons (Fsp3) is 0.381. The highest BCUT2D eigenvalue weighted by molar-refractivity contribution is 7.89. The van der Waals surface area contributed by atoms with E-state index in [9.17, 15) is 21.6 Å². The molecule has 0 saturated heterocycles. The smallest absolute Gasteiger partial charge is 0.255 e. The van der Waals surface area contributed by atoms with Crippen LogP contribution in [0.2, 0.25) is 0 Å². The van der Waals surface area contributed by atoms with E-state index in [-0.39, 0.29) is 32.8 Å². The third-order valence-corrected chi connectivity index (χ3v) is 8.62. The molecular weight excluding hydrogens is 454 g/mol. The number of nitrogens with one attached hydrogen (secondary N) is 2. The Morgan fingerprint density at radius 1 is 1.03 bits per heavy atom. The number of ether oxygens (including phenoxy) is 1. The van der Waals surface area contributed by atoms with Crippen molar-refractivity contribution < 1.29 is 26.4 Å². The highest BCUT2D eigenvalue weighted by atomic mass is 32.2. The van der Waals surface area contributed by atoms with Gasteiger partial charge in [0.15, 0.2) is 0 Å². The number of carbonyl (C=O) groups is 1. The Balaban J connectivity index is 1.84. The molecule has 1 aliphatic carbocycles. The van der Waals surface area contributed by atoms with E-state index in [1.807, 2.05) is 0 Å². The molecule has 0 bridgehead atoms. The fourth-order valence-electron chi connectivity index (χ4n) is 3.49. The molecule has 0 unspecified atom stereocenters. The number of sulfonamides is 2. The van der Waals surface area contributed by atoms with Crippen LogP contribution >= 0.6 is 0 Å². The zero-order chi connectivity index (χ0) is 23.5. The van der Waals surface area contributed by atoms with Crippen LogP contribution in [0.4, 0.5) is 5.69 Å². The summed E-state index contributed by atoms with van der Waals surface area (Å²) in [6.07, 6.45) is 3.58. The van der Waals surface area contributed by atoms with Crippen LogP contribution in [0.1, 0.15) is 36.0 Å². The fourth-order valence-corrected chi connectivity index (χ4v) is 5.92. The standard InChI is InChI=1S/C21H27N3O6S2/c1-24(2)32(28,29)20-14-17(11-12-19(20)30-3)22-21(25)15-7-6-10-18(13-15)31(26,27)23-16-8-4-5-9-16/h6-7,10-14,16,23H,4-5,8-9H2,1-3H3,(H,22,25). The normalized spacial score (nSPS) is 15.1. The number of nitrogens with zero attached hydrogens (tertiary/aromatic N) is 1. The largest absolute Gasteiger partial charge is 0.495 e. The van der Waals surface area contributed by atoms with Gasteiger partial charge in [0.2, 0.25) is 20.0 Å². The molecule has 1 fully saturated rings. The van der Waals surface area contributed by atoms with Gasteiger partial charge in [-0.2, -0.15) is 0 Å². The van der Waals surface area contributed by atoms with Crippen molar-refractivity contribution >= 4 is 31.6 Å². The van der Waals surface area contributed by atoms with E-state index in [1.54, 1.807) is 0 Å². The average molecular weight is 482 g/mol. The molecule has 9 nitrogen and oxygen atoms in total. The maximum atomic E-state index is 12.8. The molecule has 0 atom stereocenters. The van der Waals surface area contributed by atoms with Crippen LogP contribution in [0.3, 0.4) is 0 Å². The van der Waals surface area contributed by atoms with E-state index in [4.69, 9.17) is 4.74 Å². The lowest BCUT2D eigenvalue weighted by Gasteiger charge is -2.16. The summed E-state index contributed by atoms with van der Waals surface area (Å²) in [6.45, 7) is 0. The molecule has 0 aromatic heterocycles. The Morgan fingerprint density at radius 2 is 1.72 bits per heavy atom. The minimum absolute atomic E-state index is 0.00246. The lowest BCUT2D eigenvalue weighted by molar-refractivity contribution is 0.102. The predicted molar refractivity (Wildman–Crippen MR) is 121 cm³/mol. The van der Waals surface area contributed by atoms with Gasteiger partial charge < -0.3 is 10.1 Å². The van der Waals surface area contributed by atoms with Gasteiger partial charge in [0.25, 0.3) is 5.91 Å². The first-order valence-corrected chi connectivity index (χ1v) is 13.0. The second kappa shape index (κ2) is 9.57. The molecule has 0 heterocycles. The van der Waals surface area contributed by atoms with E-state index in [0.717, 1.165) is 30.0 Å². The van der Waals surface area contributed by atoms with Crippen molar-refractivity contribution in [3.8, 4) is 5.75 Å². The van der Waals surface area contributed by atoms with Gasteiger partial charge in [-0.05, 0) is 49.2 Å². The summed E-state index contributed by atoms with van der Waals surface area (Å²) in [5, 5.41) is 2.62. The maximum absolute atomic E-state index is 12.8. The topological polar surface area (TPSA) is 122 Å². The van der Waals surface area contributed by atoms with Crippen molar-refractivity contribution in [1.82, 2.24) is 9.03 Å². The summed E-state index contributed by atoms with van der Waals surface area (Å²) < 4.78 is 59.4. The first-order valence-electron chi connectivity index (χ1n) is 10.1. The van der Waals surface area contributed by atoms with Crippen molar-refractivity contribution in [1.29, 1.82) is 0 Å². The molecule has 11 heteroatoms. The van der Waals surface area contributed by atoms with Crippen molar-refractivity contribution in [2.45, 2.75) is 41.5 Å². The first-order chi connectivity index (χ1) is 15.0. The molecular formula is C21H27N3O6S2. The summed E-state index contributed by atoms with van der Waals surface area (Å²) in [5.74, 6) is -0.427. The van der Waals surface area contributed by atoms with E-state index in [2.05, 4.69) is 10.0 Å². The highest BCUT2D eigenvalue weighted by Crippen LogP contribution is 2.29. The summed E-state index contributed by atoms with van der Waals surface area (Å²) in [7, 11) is -3.42. The van der Waals surface area contributed by atoms with Crippen molar-refractivity contribution in [2.24, 2.45) is 0 Å². The Labute approximate surface area is 188 Å². The van der Waals surface area contributed by atoms with Crippen LogP contribution in [-0.2, 0) is 20.0 Å². The molecule has 0 radical (unpaired) electrons. The Morgan fingerprint density at radius 3 is 2.34 bits per heavy atom. The minimum atomic E-state index is -3.81. The SMILES string of the molecule is COc1ccc(NC(=O)c2cccc(S(=O)(=O)NC3CCCC3)c2)cc1S(=O)(=O)N(C)C. The molecule has 1 aliphatic rings. The number of benzene rings is 2. The van der Waals surface area contributed by atoms with Gasteiger partial charge in [0.1, 0.15) is 10.6 Å². The minimum Gasteiger partial charge on any atom is -0.495 e. The lowest BCUT2D eigenvalue weighted by atomic mass is 10.2. The van der Waals surface area contributed by atoms with Gasteiger partial charge in [0.05, 0.1) is 12.0 Å². The number of anilines is 1. The average Bonchev–Trinajstić information content (AvgIpc) is 3.26. The lowest BCUT2D eigenvalue weighted by Crippen LogP contribution is -2.32. The molecule has 0 spiro atoms. The van der Waals surface area contributed by atoms with E-state index in [0.29, 0.717) is 0 Å². The van der Waals surface area contributed by atoms with Gasteiger partial charge in [0, 0.05) is 31.4 Å². The number of methoxy groups -OCH3 is 1. The zero-order valence-electron chi connectivity index (χ0n) is 18.2. The molecule has 2 aromatic rings. The van der Waals surface area contributed by atoms with Crippen LogP contribution in [0.25, 0.3) is 0 Å². The molecule has 32 heavy (non-hydrogen) atoms. The number of hydrogen-bond acceptors (Lipinski definition) is 6. The number of carbonyl (C=O) groups excluding carboxylic acids is 1. The molecule has 2 N–H and O–H groups in total. The first kappa shape index (κ1) is 24.2. The van der Waals surface area contributed by atoms with Gasteiger partial charge in [-0.25, -0.2) is 25.9 Å². The second-order valence-electron chi connectivity index (χ2n) is 7.74. The van der Waals surface area contributed by atoms with Crippen molar-refractivity contribution in [2.75, 3.05) is 26.5 Å². The Bertz CT molecular complexity index is 1200. The van der Waals surface area contributed by atoms with Gasteiger partial charge in [-0.3, -0.25) is 4.79 Å². The molecule has 1 amide bonds. The zero-order valence-corrected chi connectivity index (χ0v) is 19.8. The van der Waals surface area contributed by atoms with Crippen LogP contribution < -0.4 is 14.8 Å². The molecule has 0 aliphatic heterocycles. The number of rotatable bonds is 8. The van der Waals surface area contributed by atoms with Crippen molar-refractivity contribution in [3.63, 3.8) is 0 Å². The molecule has 3 rings (SSSR count). The molecule has 1 saturated carbocycles. The third kappa shape index (κ3) is 5.29. The van der Waals surface area contributed by atoms with Crippen LogP contribution in [0.15, 0.2) is 52.3 Å². The van der Waals surface area contributed by atoms with Crippen molar-refractivity contribution in [3.05, 3.63) is 48.0 Å². The van der Waals surface area contributed by atoms with Gasteiger partial charge in [-0.1, -0.05) is 18.9 Å². The van der Waals surface area contributed by atoms with Crippen LogP contribution in [-0.4, -0.2) is 54.3 Å². The van der Waals surface area contributed by atoms with E-state index < -0.39 is 26.0 Å². The number of hydrogen-bond donors (Lipinski definition) is 2. The van der Waals surface area contributed by atoms with Gasteiger partial charge in [-0.15, -0.1) is 0 Å². The quantitative estimate of drug-likeness (QED) is 0.597. The van der Waals surface area contributed by atoms with E-state index >= 15 is 0 Å².